The van der Waals surface area contributed by atoms with Gasteiger partial charge in [0.15, 0.2) is 0 Å². The first-order valence-corrected chi connectivity index (χ1v) is 7.98. The topological polar surface area (TPSA) is 77.9 Å². The lowest BCUT2D eigenvalue weighted by molar-refractivity contribution is -0.141. The van der Waals surface area contributed by atoms with Crippen LogP contribution in [-0.2, 0) is 15.0 Å². The molecule has 0 aliphatic carbocycles. The summed E-state index contributed by atoms with van der Waals surface area (Å²) in [5, 5.41) is 8.86. The Bertz CT molecular complexity index is 413. The molecule has 0 aromatic carbocycles. The minimum atomic E-state index is -3.55. The van der Waals surface area contributed by atoms with Crippen molar-refractivity contribution >= 4 is 16.2 Å². The van der Waals surface area contributed by atoms with Gasteiger partial charge in [-0.3, -0.25) is 4.79 Å². The van der Waals surface area contributed by atoms with Crippen LogP contribution >= 0.6 is 0 Å². The van der Waals surface area contributed by atoms with Gasteiger partial charge < -0.3 is 5.11 Å². The summed E-state index contributed by atoms with van der Waals surface area (Å²) in [5.74, 6) is -1.02. The molecule has 6 nitrogen and oxygen atoms in total. The van der Waals surface area contributed by atoms with Gasteiger partial charge in [-0.2, -0.15) is 17.0 Å². The lowest BCUT2D eigenvalue weighted by Gasteiger charge is -2.36. The van der Waals surface area contributed by atoms with Crippen LogP contribution < -0.4 is 0 Å². The van der Waals surface area contributed by atoms with Crippen molar-refractivity contribution < 1.29 is 18.3 Å². The Kier molecular flexibility index (Phi) is 5.34. The molecule has 19 heavy (non-hydrogen) atoms. The fraction of sp³-hybridized carbons (Fsp3) is 0.917. The SMILES string of the molecule is CC1CC(C)CN(S(=O)(=O)N(C)CC(C)C(=O)O)C1. The van der Waals surface area contributed by atoms with Gasteiger partial charge in [-0.25, -0.2) is 0 Å². The standard InChI is InChI=1S/C12H24N2O4S/c1-9-5-10(2)7-14(6-9)19(17,18)13(4)8-11(3)12(15)16/h9-11H,5-8H2,1-4H3,(H,15,16). The van der Waals surface area contributed by atoms with Crippen LogP contribution in [0.15, 0.2) is 0 Å². The van der Waals surface area contributed by atoms with Crippen LogP contribution in [0.1, 0.15) is 27.2 Å². The summed E-state index contributed by atoms with van der Waals surface area (Å²) in [6, 6.07) is 0. The predicted octanol–water partition coefficient (Wildman–Crippen LogP) is 0.862. The van der Waals surface area contributed by atoms with E-state index in [-0.39, 0.29) is 6.54 Å². The second-order valence-electron chi connectivity index (χ2n) is 5.79. The Morgan fingerprint density at radius 3 is 2.26 bits per heavy atom. The molecule has 0 aromatic heterocycles. The molecule has 1 N–H and O–H groups in total. The van der Waals surface area contributed by atoms with E-state index in [9.17, 15) is 13.2 Å². The molecule has 112 valence electrons. The summed E-state index contributed by atoms with van der Waals surface area (Å²) < 4.78 is 27.4. The quantitative estimate of drug-likeness (QED) is 0.815. The average molecular weight is 292 g/mol. The number of hydrogen-bond donors (Lipinski definition) is 1. The first kappa shape index (κ1) is 16.4. The normalized spacial score (nSPS) is 27.4. The third kappa shape index (κ3) is 4.15. The minimum Gasteiger partial charge on any atom is -0.481 e. The van der Waals surface area contributed by atoms with Crippen LogP contribution in [0.3, 0.4) is 0 Å². The zero-order valence-corrected chi connectivity index (χ0v) is 12.9. The van der Waals surface area contributed by atoms with E-state index in [1.165, 1.54) is 18.3 Å². The van der Waals surface area contributed by atoms with Crippen LogP contribution in [0.25, 0.3) is 0 Å². The largest absolute Gasteiger partial charge is 0.481 e. The van der Waals surface area contributed by atoms with Gasteiger partial charge in [0.2, 0.25) is 0 Å². The number of aliphatic carboxylic acids is 1. The molecule has 1 heterocycles. The summed E-state index contributed by atoms with van der Waals surface area (Å²) in [5.41, 5.74) is 0. The molecule has 0 radical (unpaired) electrons. The summed E-state index contributed by atoms with van der Waals surface area (Å²) in [6.45, 7) is 6.61. The molecule has 0 amide bonds. The zero-order valence-electron chi connectivity index (χ0n) is 12.0. The molecule has 1 fully saturated rings. The number of rotatable bonds is 5. The molecule has 1 aliphatic heterocycles. The molecule has 0 saturated carbocycles. The Hall–Kier alpha value is -0.660. The number of piperidine rings is 1. The monoisotopic (exact) mass is 292 g/mol. The average Bonchev–Trinajstić information content (AvgIpc) is 2.27. The van der Waals surface area contributed by atoms with Crippen molar-refractivity contribution in [1.29, 1.82) is 0 Å². The molecule has 0 aromatic rings. The molecule has 7 heteroatoms. The van der Waals surface area contributed by atoms with E-state index >= 15 is 0 Å². The molecule has 3 atom stereocenters. The van der Waals surface area contributed by atoms with E-state index in [2.05, 4.69) is 0 Å². The first-order chi connectivity index (χ1) is 8.64. The number of hydrogen-bond acceptors (Lipinski definition) is 3. The van der Waals surface area contributed by atoms with Crippen LogP contribution in [-0.4, -0.2) is 54.8 Å². The summed E-state index contributed by atoms with van der Waals surface area (Å²) >= 11 is 0. The van der Waals surface area contributed by atoms with Crippen molar-refractivity contribution in [2.75, 3.05) is 26.7 Å². The lowest BCUT2D eigenvalue weighted by atomic mass is 9.94. The summed E-state index contributed by atoms with van der Waals surface area (Å²) in [7, 11) is -2.11. The molecule has 1 rings (SSSR count). The highest BCUT2D eigenvalue weighted by Gasteiger charge is 2.34. The molecule has 0 bridgehead atoms. The highest BCUT2D eigenvalue weighted by atomic mass is 32.2. The molecular formula is C12H24N2O4S. The van der Waals surface area contributed by atoms with Crippen molar-refractivity contribution in [3.63, 3.8) is 0 Å². The predicted molar refractivity (Wildman–Crippen MR) is 72.9 cm³/mol. The Labute approximate surface area is 115 Å². The van der Waals surface area contributed by atoms with Crippen LogP contribution in [0, 0.1) is 17.8 Å². The zero-order chi connectivity index (χ0) is 14.8. The maximum atomic E-state index is 12.4. The number of carboxylic acids is 1. The van der Waals surface area contributed by atoms with Gasteiger partial charge in [0.1, 0.15) is 0 Å². The Morgan fingerprint density at radius 2 is 1.84 bits per heavy atom. The summed E-state index contributed by atoms with van der Waals surface area (Å²) in [4.78, 5) is 10.8. The fourth-order valence-corrected chi connectivity index (χ4v) is 4.24. The summed E-state index contributed by atoms with van der Waals surface area (Å²) in [6.07, 6.45) is 1.03. The van der Waals surface area contributed by atoms with Crippen molar-refractivity contribution in [3.8, 4) is 0 Å². The Balaban J connectivity index is 2.76. The van der Waals surface area contributed by atoms with Gasteiger partial charge in [0.25, 0.3) is 10.2 Å². The van der Waals surface area contributed by atoms with Gasteiger partial charge in [-0.1, -0.05) is 20.8 Å². The molecular weight excluding hydrogens is 268 g/mol. The van der Waals surface area contributed by atoms with E-state index in [1.54, 1.807) is 0 Å². The van der Waals surface area contributed by atoms with Gasteiger partial charge in [-0.05, 0) is 18.3 Å². The molecule has 3 unspecified atom stereocenters. The Morgan fingerprint density at radius 1 is 1.37 bits per heavy atom. The van der Waals surface area contributed by atoms with Crippen molar-refractivity contribution in [1.82, 2.24) is 8.61 Å². The first-order valence-electron chi connectivity index (χ1n) is 6.58. The second kappa shape index (κ2) is 6.19. The maximum Gasteiger partial charge on any atom is 0.307 e. The lowest BCUT2D eigenvalue weighted by Crippen LogP contribution is -2.49. The smallest absolute Gasteiger partial charge is 0.307 e. The highest BCUT2D eigenvalue weighted by Crippen LogP contribution is 2.24. The molecule has 1 aliphatic rings. The van der Waals surface area contributed by atoms with Crippen LogP contribution in [0.4, 0.5) is 0 Å². The number of nitrogens with zero attached hydrogens (tertiary/aromatic N) is 2. The van der Waals surface area contributed by atoms with Crippen molar-refractivity contribution in [2.45, 2.75) is 27.2 Å². The number of carbonyl (C=O) groups is 1. The fourth-order valence-electron chi connectivity index (χ4n) is 2.55. The third-order valence-electron chi connectivity index (χ3n) is 3.51. The van der Waals surface area contributed by atoms with Crippen LogP contribution in [0.5, 0.6) is 0 Å². The van der Waals surface area contributed by atoms with E-state index in [0.29, 0.717) is 24.9 Å². The molecule has 0 spiro atoms. The van der Waals surface area contributed by atoms with E-state index in [0.717, 1.165) is 10.7 Å². The van der Waals surface area contributed by atoms with E-state index in [1.807, 2.05) is 13.8 Å². The van der Waals surface area contributed by atoms with Gasteiger partial charge >= 0.3 is 5.97 Å². The van der Waals surface area contributed by atoms with E-state index in [4.69, 9.17) is 5.11 Å². The van der Waals surface area contributed by atoms with Crippen LogP contribution in [0.2, 0.25) is 0 Å². The van der Waals surface area contributed by atoms with Crippen molar-refractivity contribution in [3.05, 3.63) is 0 Å². The van der Waals surface area contributed by atoms with Crippen molar-refractivity contribution in [2.24, 2.45) is 17.8 Å². The highest BCUT2D eigenvalue weighted by molar-refractivity contribution is 7.86. The minimum absolute atomic E-state index is 0.00305. The van der Waals surface area contributed by atoms with Gasteiger partial charge in [0.05, 0.1) is 5.92 Å². The van der Waals surface area contributed by atoms with Gasteiger partial charge in [-0.15, -0.1) is 0 Å². The number of carboxylic acid groups (broad SMARTS) is 1. The second-order valence-corrected chi connectivity index (χ2v) is 7.83. The molecule has 1 saturated heterocycles. The van der Waals surface area contributed by atoms with E-state index < -0.39 is 22.1 Å². The van der Waals surface area contributed by atoms with Gasteiger partial charge in [0, 0.05) is 26.7 Å². The maximum absolute atomic E-state index is 12.4. The third-order valence-corrected chi connectivity index (χ3v) is 5.40.